The third kappa shape index (κ3) is 7.17. The van der Waals surface area contributed by atoms with Gasteiger partial charge in [0.15, 0.2) is 0 Å². The van der Waals surface area contributed by atoms with Crippen LogP contribution in [0.1, 0.15) is 40.5 Å². The van der Waals surface area contributed by atoms with Gasteiger partial charge in [-0.3, -0.25) is 0 Å². The van der Waals surface area contributed by atoms with Crippen LogP contribution < -0.4 is 5.32 Å². The van der Waals surface area contributed by atoms with Crippen molar-refractivity contribution in [3.8, 4) is 0 Å². The monoisotopic (exact) mass is 233 g/mol. The third-order valence-electron chi connectivity index (χ3n) is 2.83. The van der Waals surface area contributed by atoms with Gasteiger partial charge in [0.25, 0.3) is 0 Å². The third-order valence-corrected chi connectivity index (χ3v) is 2.83. The Morgan fingerprint density at radius 2 is 2.00 bits per heavy atom. The number of hydrogen-bond acceptors (Lipinski definition) is 4. The van der Waals surface area contributed by atoms with Crippen LogP contribution in [0.3, 0.4) is 0 Å². The minimum absolute atomic E-state index is 0.104. The highest BCUT2D eigenvalue weighted by Crippen LogP contribution is 2.13. The van der Waals surface area contributed by atoms with Gasteiger partial charge >= 0.3 is 0 Å². The number of hydrogen-bond donors (Lipinski definition) is 3. The van der Waals surface area contributed by atoms with Gasteiger partial charge in [0.1, 0.15) is 0 Å². The molecule has 0 aliphatic heterocycles. The van der Waals surface area contributed by atoms with Crippen molar-refractivity contribution in [2.24, 2.45) is 0 Å². The second kappa shape index (κ2) is 8.01. The number of aliphatic hydroxyl groups is 2. The van der Waals surface area contributed by atoms with Crippen LogP contribution in [0, 0.1) is 0 Å². The number of rotatable bonds is 9. The van der Waals surface area contributed by atoms with E-state index in [9.17, 15) is 5.11 Å². The van der Waals surface area contributed by atoms with Gasteiger partial charge in [-0.05, 0) is 33.6 Å². The standard InChI is InChI=1S/C12H27NO3/c1-5-12(4,6-7-14)13-8-11(15)9-16-10(2)3/h10-11,13-15H,5-9H2,1-4H3. The Kier molecular flexibility index (Phi) is 7.93. The van der Waals surface area contributed by atoms with Gasteiger partial charge in [-0.15, -0.1) is 0 Å². The lowest BCUT2D eigenvalue weighted by molar-refractivity contribution is 0.00299. The fraction of sp³-hybridized carbons (Fsp3) is 1.00. The molecule has 0 aromatic rings. The predicted molar refractivity (Wildman–Crippen MR) is 65.5 cm³/mol. The molecule has 0 aromatic carbocycles. The summed E-state index contributed by atoms with van der Waals surface area (Å²) in [7, 11) is 0. The van der Waals surface area contributed by atoms with Crippen LogP contribution in [0.25, 0.3) is 0 Å². The Morgan fingerprint density at radius 1 is 1.38 bits per heavy atom. The molecule has 98 valence electrons. The van der Waals surface area contributed by atoms with Crippen LogP contribution in [-0.4, -0.2) is 47.7 Å². The molecule has 0 amide bonds. The zero-order valence-electron chi connectivity index (χ0n) is 11.0. The summed E-state index contributed by atoms with van der Waals surface area (Å²) in [6.45, 7) is 9.03. The summed E-state index contributed by atoms with van der Waals surface area (Å²) in [5.41, 5.74) is -0.104. The Hall–Kier alpha value is -0.160. The number of ether oxygens (including phenoxy) is 1. The van der Waals surface area contributed by atoms with Crippen LogP contribution in [0.2, 0.25) is 0 Å². The second-order valence-electron chi connectivity index (χ2n) is 4.80. The maximum absolute atomic E-state index is 9.68. The Bertz CT molecular complexity index is 176. The summed E-state index contributed by atoms with van der Waals surface area (Å²) in [5.74, 6) is 0. The molecule has 0 aliphatic carbocycles. The van der Waals surface area contributed by atoms with Gasteiger partial charge in [0.05, 0.1) is 18.8 Å². The fourth-order valence-electron chi connectivity index (χ4n) is 1.36. The summed E-state index contributed by atoms with van der Waals surface area (Å²) in [5, 5.41) is 21.9. The Labute approximate surface area is 99.0 Å². The highest BCUT2D eigenvalue weighted by atomic mass is 16.5. The van der Waals surface area contributed by atoms with E-state index >= 15 is 0 Å². The SMILES string of the molecule is CCC(C)(CCO)NCC(O)COC(C)C. The van der Waals surface area contributed by atoms with E-state index in [0.29, 0.717) is 19.6 Å². The van der Waals surface area contributed by atoms with Gasteiger partial charge in [0.2, 0.25) is 0 Å². The number of aliphatic hydroxyl groups excluding tert-OH is 2. The second-order valence-corrected chi connectivity index (χ2v) is 4.80. The molecule has 3 N–H and O–H groups in total. The molecule has 0 aliphatic rings. The lowest BCUT2D eigenvalue weighted by Gasteiger charge is -2.30. The summed E-state index contributed by atoms with van der Waals surface area (Å²) in [6, 6.07) is 0. The minimum atomic E-state index is -0.494. The van der Waals surface area contributed by atoms with Crippen LogP contribution in [0.5, 0.6) is 0 Å². The van der Waals surface area contributed by atoms with Crippen molar-refractivity contribution in [1.29, 1.82) is 0 Å². The van der Waals surface area contributed by atoms with E-state index in [0.717, 1.165) is 6.42 Å². The molecule has 0 rings (SSSR count). The molecule has 0 saturated heterocycles. The molecule has 0 radical (unpaired) electrons. The van der Waals surface area contributed by atoms with Crippen molar-refractivity contribution in [3.05, 3.63) is 0 Å². The van der Waals surface area contributed by atoms with Gasteiger partial charge in [-0.25, -0.2) is 0 Å². The normalized spacial score (nSPS) is 17.4. The highest BCUT2D eigenvalue weighted by Gasteiger charge is 2.21. The van der Waals surface area contributed by atoms with Crippen molar-refractivity contribution in [2.45, 2.75) is 58.3 Å². The summed E-state index contributed by atoms with van der Waals surface area (Å²) >= 11 is 0. The fourth-order valence-corrected chi connectivity index (χ4v) is 1.36. The molecule has 0 saturated carbocycles. The van der Waals surface area contributed by atoms with Crippen LogP contribution >= 0.6 is 0 Å². The van der Waals surface area contributed by atoms with Crippen LogP contribution in [0.4, 0.5) is 0 Å². The average Bonchev–Trinajstić information content (AvgIpc) is 2.24. The largest absolute Gasteiger partial charge is 0.396 e. The molecule has 0 bridgehead atoms. The van der Waals surface area contributed by atoms with Crippen molar-refractivity contribution < 1.29 is 14.9 Å². The first-order valence-electron chi connectivity index (χ1n) is 6.09. The maximum atomic E-state index is 9.68. The zero-order chi connectivity index (χ0) is 12.6. The van der Waals surface area contributed by atoms with Crippen molar-refractivity contribution >= 4 is 0 Å². The molecular formula is C12H27NO3. The van der Waals surface area contributed by atoms with Gasteiger partial charge in [0, 0.05) is 18.7 Å². The topological polar surface area (TPSA) is 61.7 Å². The quantitative estimate of drug-likeness (QED) is 0.554. The van der Waals surface area contributed by atoms with E-state index in [-0.39, 0.29) is 18.2 Å². The summed E-state index contributed by atoms with van der Waals surface area (Å²) < 4.78 is 5.32. The molecule has 16 heavy (non-hydrogen) atoms. The lowest BCUT2D eigenvalue weighted by atomic mass is 9.95. The maximum Gasteiger partial charge on any atom is 0.0898 e. The van der Waals surface area contributed by atoms with E-state index in [1.807, 2.05) is 13.8 Å². The highest BCUT2D eigenvalue weighted by molar-refractivity contribution is 4.82. The summed E-state index contributed by atoms with van der Waals surface area (Å²) in [6.07, 6.45) is 1.27. The van der Waals surface area contributed by atoms with E-state index in [4.69, 9.17) is 9.84 Å². The molecule has 2 unspecified atom stereocenters. The Balaban J connectivity index is 3.83. The lowest BCUT2D eigenvalue weighted by Crippen LogP contribution is -2.47. The van der Waals surface area contributed by atoms with Crippen molar-refractivity contribution in [3.63, 3.8) is 0 Å². The van der Waals surface area contributed by atoms with Crippen LogP contribution in [0.15, 0.2) is 0 Å². The van der Waals surface area contributed by atoms with Gasteiger partial charge < -0.3 is 20.3 Å². The van der Waals surface area contributed by atoms with E-state index in [1.54, 1.807) is 0 Å². The Morgan fingerprint density at radius 3 is 2.44 bits per heavy atom. The van der Waals surface area contributed by atoms with Gasteiger partial charge in [-0.1, -0.05) is 6.92 Å². The first kappa shape index (κ1) is 15.8. The van der Waals surface area contributed by atoms with Crippen LogP contribution in [-0.2, 0) is 4.74 Å². The summed E-state index contributed by atoms with van der Waals surface area (Å²) in [4.78, 5) is 0. The first-order valence-corrected chi connectivity index (χ1v) is 6.09. The van der Waals surface area contributed by atoms with E-state index in [2.05, 4.69) is 19.2 Å². The van der Waals surface area contributed by atoms with Crippen molar-refractivity contribution in [1.82, 2.24) is 5.32 Å². The molecule has 0 spiro atoms. The number of nitrogens with one attached hydrogen (secondary N) is 1. The first-order chi connectivity index (χ1) is 7.43. The van der Waals surface area contributed by atoms with E-state index in [1.165, 1.54) is 0 Å². The molecule has 4 heteroatoms. The zero-order valence-corrected chi connectivity index (χ0v) is 11.0. The molecular weight excluding hydrogens is 206 g/mol. The molecule has 0 fully saturated rings. The smallest absolute Gasteiger partial charge is 0.0898 e. The predicted octanol–water partition coefficient (Wildman–Crippen LogP) is 0.913. The molecule has 0 aromatic heterocycles. The molecule has 4 nitrogen and oxygen atoms in total. The van der Waals surface area contributed by atoms with E-state index < -0.39 is 6.10 Å². The molecule has 0 heterocycles. The van der Waals surface area contributed by atoms with Crippen molar-refractivity contribution in [2.75, 3.05) is 19.8 Å². The average molecular weight is 233 g/mol. The minimum Gasteiger partial charge on any atom is -0.396 e. The van der Waals surface area contributed by atoms with Gasteiger partial charge in [-0.2, -0.15) is 0 Å². The number of β-amino-alcohol motifs (C(OH)–C–C–N with tert-alkyl or cyclic N) is 1. The molecule has 2 atom stereocenters.